The molecule has 7 nitrogen and oxygen atoms in total. The van der Waals surface area contributed by atoms with Crippen molar-refractivity contribution in [1.82, 2.24) is 19.4 Å². The fourth-order valence-corrected chi connectivity index (χ4v) is 4.77. The maximum absolute atomic E-state index is 14.3. The number of aryl methyl sites for hydroxylation is 1. The summed E-state index contributed by atoms with van der Waals surface area (Å²) in [6, 6.07) is 10.4. The van der Waals surface area contributed by atoms with Gasteiger partial charge in [-0.15, -0.1) is 0 Å². The van der Waals surface area contributed by atoms with Crippen molar-refractivity contribution in [3.8, 4) is 0 Å². The van der Waals surface area contributed by atoms with Crippen molar-refractivity contribution in [3.63, 3.8) is 0 Å². The summed E-state index contributed by atoms with van der Waals surface area (Å²) in [5, 5.41) is 0. The molecule has 1 aliphatic heterocycles. The van der Waals surface area contributed by atoms with Crippen molar-refractivity contribution in [1.29, 1.82) is 0 Å². The monoisotopic (exact) mass is 479 g/mol. The van der Waals surface area contributed by atoms with Crippen molar-refractivity contribution >= 4 is 28.5 Å². The average molecular weight is 480 g/mol. The number of hydrogen-bond donors (Lipinski definition) is 0. The van der Waals surface area contributed by atoms with Gasteiger partial charge in [-0.05, 0) is 63.1 Å². The van der Waals surface area contributed by atoms with Crippen LogP contribution in [-0.4, -0.2) is 63.4 Å². The molecular formula is C27H34FN5O2. The van der Waals surface area contributed by atoms with Crippen LogP contribution in [0.4, 0.5) is 10.1 Å². The maximum Gasteiger partial charge on any atom is 0.254 e. The van der Waals surface area contributed by atoms with Gasteiger partial charge in [0.05, 0.1) is 23.0 Å². The Balaban J connectivity index is 1.73. The zero-order valence-corrected chi connectivity index (χ0v) is 21.0. The van der Waals surface area contributed by atoms with Gasteiger partial charge in [-0.25, -0.2) is 9.37 Å². The molecule has 0 spiro atoms. The second kappa shape index (κ2) is 10.6. The van der Waals surface area contributed by atoms with E-state index in [1.165, 1.54) is 19.1 Å². The molecule has 2 amide bonds. The van der Waals surface area contributed by atoms with E-state index in [1.54, 1.807) is 22.2 Å². The van der Waals surface area contributed by atoms with Crippen LogP contribution in [0.2, 0.25) is 0 Å². The number of fused-ring (bicyclic) bond motifs is 2. The number of carbonyl (C=O) groups excluding carboxylic acids is 2. The predicted octanol–water partition coefficient (Wildman–Crippen LogP) is 4.30. The summed E-state index contributed by atoms with van der Waals surface area (Å²) >= 11 is 0. The lowest BCUT2D eigenvalue weighted by atomic mass is 10.1. The standard InChI is InChI=1S/C27H34FN5O2/c1-5-30-18-29-24-15-21(8-10-25(24)30)27(35)32-14-13-31(19(2)3)11-6-12-33(20(4)34)26-16-23(28)9-7-22(26)17-32/h7-10,15-16,18-19H,5-6,11-14,17H2,1-4H3. The summed E-state index contributed by atoms with van der Waals surface area (Å²) in [5.74, 6) is -0.642. The van der Waals surface area contributed by atoms with Gasteiger partial charge in [-0.1, -0.05) is 6.07 Å². The number of halogens is 1. The molecule has 2 aromatic carbocycles. The van der Waals surface area contributed by atoms with Gasteiger partial charge in [0.2, 0.25) is 5.91 Å². The van der Waals surface area contributed by atoms with Crippen LogP contribution in [0.1, 0.15) is 50.0 Å². The van der Waals surface area contributed by atoms with Gasteiger partial charge in [0, 0.05) is 57.8 Å². The molecule has 4 rings (SSSR count). The number of carbonyl (C=O) groups is 2. The molecule has 35 heavy (non-hydrogen) atoms. The topological polar surface area (TPSA) is 61.7 Å². The first-order chi connectivity index (χ1) is 16.8. The van der Waals surface area contributed by atoms with E-state index in [1.807, 2.05) is 22.8 Å². The molecule has 0 atom stereocenters. The maximum atomic E-state index is 14.3. The van der Waals surface area contributed by atoms with Crippen LogP contribution < -0.4 is 4.90 Å². The molecule has 0 saturated heterocycles. The van der Waals surface area contributed by atoms with E-state index in [0.29, 0.717) is 36.9 Å². The Bertz CT molecular complexity index is 1220. The van der Waals surface area contributed by atoms with Crippen LogP contribution in [0.5, 0.6) is 0 Å². The predicted molar refractivity (Wildman–Crippen MR) is 136 cm³/mol. The van der Waals surface area contributed by atoms with Gasteiger partial charge in [0.25, 0.3) is 5.91 Å². The molecule has 1 aliphatic rings. The number of aromatic nitrogens is 2. The zero-order chi connectivity index (χ0) is 25.1. The van der Waals surface area contributed by atoms with Crippen molar-refractivity contribution in [2.24, 2.45) is 0 Å². The lowest BCUT2D eigenvalue weighted by Crippen LogP contribution is -2.41. The summed E-state index contributed by atoms with van der Waals surface area (Å²) in [7, 11) is 0. The summed E-state index contributed by atoms with van der Waals surface area (Å²) in [6.45, 7) is 11.4. The Kier molecular flexibility index (Phi) is 7.50. The molecule has 186 valence electrons. The molecule has 0 saturated carbocycles. The van der Waals surface area contributed by atoms with E-state index in [9.17, 15) is 14.0 Å². The molecule has 0 radical (unpaired) electrons. The third-order valence-electron chi connectivity index (χ3n) is 6.79. The Morgan fingerprint density at radius 3 is 2.57 bits per heavy atom. The normalized spacial score (nSPS) is 15.8. The van der Waals surface area contributed by atoms with Crippen LogP contribution in [-0.2, 0) is 17.9 Å². The first-order valence-corrected chi connectivity index (χ1v) is 12.3. The summed E-state index contributed by atoms with van der Waals surface area (Å²) in [5.41, 5.74) is 3.63. The number of anilines is 1. The average Bonchev–Trinajstić information content (AvgIpc) is 3.23. The minimum Gasteiger partial charge on any atom is -0.333 e. The van der Waals surface area contributed by atoms with Crippen molar-refractivity contribution in [3.05, 3.63) is 59.7 Å². The number of amides is 2. The van der Waals surface area contributed by atoms with Crippen molar-refractivity contribution < 1.29 is 14.0 Å². The first kappa shape index (κ1) is 24.9. The van der Waals surface area contributed by atoms with E-state index in [0.717, 1.165) is 36.1 Å². The number of hydrogen-bond acceptors (Lipinski definition) is 4. The second-order valence-corrected chi connectivity index (χ2v) is 9.39. The van der Waals surface area contributed by atoms with Gasteiger partial charge < -0.3 is 14.4 Å². The molecule has 2 heterocycles. The fraction of sp³-hybridized carbons (Fsp3) is 0.444. The first-order valence-electron chi connectivity index (χ1n) is 12.3. The highest BCUT2D eigenvalue weighted by atomic mass is 19.1. The van der Waals surface area contributed by atoms with E-state index >= 15 is 0 Å². The Hall–Kier alpha value is -3.26. The number of imidazole rings is 1. The second-order valence-electron chi connectivity index (χ2n) is 9.39. The number of rotatable bonds is 3. The van der Waals surface area contributed by atoms with Crippen molar-refractivity contribution in [2.75, 3.05) is 31.1 Å². The Labute approximate surface area is 206 Å². The molecule has 3 aromatic rings. The molecule has 0 N–H and O–H groups in total. The van der Waals surface area contributed by atoms with E-state index in [2.05, 4.69) is 30.7 Å². The Morgan fingerprint density at radius 2 is 1.86 bits per heavy atom. The largest absolute Gasteiger partial charge is 0.333 e. The van der Waals surface area contributed by atoms with E-state index < -0.39 is 5.82 Å². The van der Waals surface area contributed by atoms with Crippen molar-refractivity contribution in [2.45, 2.75) is 53.2 Å². The zero-order valence-electron chi connectivity index (χ0n) is 21.0. The van der Waals surface area contributed by atoms with Gasteiger partial charge in [-0.3, -0.25) is 14.5 Å². The summed E-state index contributed by atoms with van der Waals surface area (Å²) < 4.78 is 16.3. The van der Waals surface area contributed by atoms with Gasteiger partial charge in [0.1, 0.15) is 5.82 Å². The van der Waals surface area contributed by atoms with Crippen LogP contribution in [0.25, 0.3) is 11.0 Å². The van der Waals surface area contributed by atoms with E-state index in [4.69, 9.17) is 0 Å². The highest BCUT2D eigenvalue weighted by Crippen LogP contribution is 2.26. The highest BCUT2D eigenvalue weighted by Gasteiger charge is 2.24. The minimum atomic E-state index is -0.400. The third-order valence-corrected chi connectivity index (χ3v) is 6.79. The molecule has 0 fully saturated rings. The highest BCUT2D eigenvalue weighted by molar-refractivity contribution is 5.97. The summed E-state index contributed by atoms with van der Waals surface area (Å²) in [4.78, 5) is 36.5. The quantitative estimate of drug-likeness (QED) is 0.562. The third kappa shape index (κ3) is 5.37. The van der Waals surface area contributed by atoms with Gasteiger partial charge in [0.15, 0.2) is 0 Å². The molecule has 0 unspecified atom stereocenters. The minimum absolute atomic E-state index is 0.106. The number of benzene rings is 2. The molecule has 0 aliphatic carbocycles. The lowest BCUT2D eigenvalue weighted by molar-refractivity contribution is -0.116. The van der Waals surface area contributed by atoms with E-state index in [-0.39, 0.29) is 18.4 Å². The fourth-order valence-electron chi connectivity index (χ4n) is 4.77. The smallest absolute Gasteiger partial charge is 0.254 e. The van der Waals surface area contributed by atoms with Gasteiger partial charge in [-0.2, -0.15) is 0 Å². The molecule has 8 heteroatoms. The number of nitrogens with zero attached hydrogens (tertiary/aromatic N) is 5. The summed E-state index contributed by atoms with van der Waals surface area (Å²) in [6.07, 6.45) is 2.55. The van der Waals surface area contributed by atoms with Crippen LogP contribution in [0.15, 0.2) is 42.7 Å². The van der Waals surface area contributed by atoms with Crippen LogP contribution in [0, 0.1) is 5.82 Å². The molecular weight excluding hydrogens is 445 g/mol. The lowest BCUT2D eigenvalue weighted by Gasteiger charge is -2.30. The van der Waals surface area contributed by atoms with Gasteiger partial charge >= 0.3 is 0 Å². The SMILES string of the molecule is CCn1cnc2cc(C(=O)N3CCN(C(C)C)CCCN(C(C)=O)c4cc(F)ccc4C3)ccc21. The molecule has 1 aromatic heterocycles. The van der Waals surface area contributed by atoms with Crippen LogP contribution >= 0.6 is 0 Å². The van der Waals surface area contributed by atoms with Crippen LogP contribution in [0.3, 0.4) is 0 Å². The Morgan fingerprint density at radius 1 is 1.06 bits per heavy atom. The molecule has 0 bridgehead atoms.